The fraction of sp³-hybridized carbons (Fsp3) is 0.400. The van der Waals surface area contributed by atoms with E-state index in [1.165, 1.54) is 12.1 Å². The first-order chi connectivity index (χ1) is 6.59. The molecule has 0 saturated heterocycles. The van der Waals surface area contributed by atoms with Gasteiger partial charge in [-0.15, -0.1) is 0 Å². The van der Waals surface area contributed by atoms with E-state index in [2.05, 4.69) is 0 Å². The average molecular weight is 197 g/mol. The van der Waals surface area contributed by atoms with E-state index in [0.29, 0.717) is 16.9 Å². The molecule has 0 radical (unpaired) electrons. The van der Waals surface area contributed by atoms with Crippen LogP contribution < -0.4 is 10.5 Å². The molecule has 0 fully saturated rings. The van der Waals surface area contributed by atoms with E-state index in [0.717, 1.165) is 0 Å². The summed E-state index contributed by atoms with van der Waals surface area (Å²) >= 11 is 0. The first-order valence-electron chi connectivity index (χ1n) is 4.46. The van der Waals surface area contributed by atoms with E-state index in [-0.39, 0.29) is 12.4 Å². The Hall–Kier alpha value is -1.13. The van der Waals surface area contributed by atoms with Crippen molar-refractivity contribution >= 4 is 0 Å². The topological polar surface area (TPSA) is 55.5 Å². The molecule has 76 valence electrons. The van der Waals surface area contributed by atoms with Gasteiger partial charge < -0.3 is 15.6 Å². The van der Waals surface area contributed by atoms with Gasteiger partial charge in [-0.1, -0.05) is 0 Å². The molecule has 0 spiro atoms. The first-order valence-corrected chi connectivity index (χ1v) is 4.46. The Morgan fingerprint density at radius 2 is 2.29 bits per heavy atom. The van der Waals surface area contributed by atoms with Gasteiger partial charge in [0.25, 0.3) is 0 Å². The van der Waals surface area contributed by atoms with Gasteiger partial charge in [0, 0.05) is 11.6 Å². The highest BCUT2D eigenvalue weighted by Crippen LogP contribution is 2.33. The van der Waals surface area contributed by atoms with Crippen LogP contribution in [-0.2, 0) is 0 Å². The Morgan fingerprint density at radius 3 is 3.00 bits per heavy atom. The van der Waals surface area contributed by atoms with Gasteiger partial charge >= 0.3 is 0 Å². The lowest BCUT2D eigenvalue weighted by atomic mass is 9.95. The minimum Gasteiger partial charge on any atom is -0.490 e. The lowest BCUT2D eigenvalue weighted by Gasteiger charge is -2.29. The fourth-order valence-electron chi connectivity index (χ4n) is 1.74. The second kappa shape index (κ2) is 3.22. The second-order valence-electron chi connectivity index (χ2n) is 3.54. The number of halogens is 1. The molecule has 3 N–H and O–H groups in total. The molecule has 0 amide bonds. The van der Waals surface area contributed by atoms with Crippen LogP contribution in [0.1, 0.15) is 17.2 Å². The van der Waals surface area contributed by atoms with Crippen molar-refractivity contribution in [3.63, 3.8) is 0 Å². The van der Waals surface area contributed by atoms with Crippen molar-refractivity contribution in [3.8, 4) is 5.75 Å². The van der Waals surface area contributed by atoms with Crippen LogP contribution in [0.5, 0.6) is 5.75 Å². The maximum Gasteiger partial charge on any atom is 0.127 e. The lowest BCUT2D eigenvalue weighted by molar-refractivity contribution is 0.0672. The molecule has 3 nitrogen and oxygen atoms in total. The summed E-state index contributed by atoms with van der Waals surface area (Å²) in [6.45, 7) is 1.88. The highest BCUT2D eigenvalue weighted by molar-refractivity contribution is 5.44. The zero-order valence-corrected chi connectivity index (χ0v) is 7.83. The molecule has 0 saturated carbocycles. The Kier molecular flexibility index (Phi) is 2.17. The zero-order valence-electron chi connectivity index (χ0n) is 7.83. The molecule has 0 unspecified atom stereocenters. The molecule has 2 rings (SSSR count). The van der Waals surface area contributed by atoms with Crippen LogP contribution in [0, 0.1) is 12.7 Å². The second-order valence-corrected chi connectivity index (χ2v) is 3.54. The number of nitrogens with two attached hydrogens (primary N) is 1. The summed E-state index contributed by atoms with van der Waals surface area (Å²) in [7, 11) is 0. The molecule has 1 aliphatic rings. The van der Waals surface area contributed by atoms with Crippen molar-refractivity contribution in [3.05, 3.63) is 29.1 Å². The number of benzene rings is 1. The molecule has 0 aromatic heterocycles. The van der Waals surface area contributed by atoms with Crippen LogP contribution in [0.25, 0.3) is 0 Å². The standard InChI is InChI=1S/C10H12FNO2/c1-5-2-6(11)3-8-9(5)10(12)7(13)4-14-8/h2-3,7,10,13H,4,12H2,1H3/t7-,10-/m1/s1. The summed E-state index contributed by atoms with van der Waals surface area (Å²) in [5.74, 6) is 0.102. The maximum atomic E-state index is 13.0. The maximum absolute atomic E-state index is 13.0. The van der Waals surface area contributed by atoms with E-state index < -0.39 is 12.1 Å². The molecular weight excluding hydrogens is 185 g/mol. The van der Waals surface area contributed by atoms with Gasteiger partial charge in [-0.2, -0.15) is 0 Å². The molecule has 1 aliphatic heterocycles. The van der Waals surface area contributed by atoms with Crippen LogP contribution in [0.3, 0.4) is 0 Å². The smallest absolute Gasteiger partial charge is 0.127 e. The van der Waals surface area contributed by atoms with Gasteiger partial charge in [-0.3, -0.25) is 0 Å². The predicted octanol–water partition coefficient (Wildman–Crippen LogP) is 0.887. The summed E-state index contributed by atoms with van der Waals surface area (Å²) < 4.78 is 18.2. The Morgan fingerprint density at radius 1 is 1.57 bits per heavy atom. The minimum absolute atomic E-state index is 0.122. The summed E-state index contributed by atoms with van der Waals surface area (Å²) in [4.78, 5) is 0. The van der Waals surface area contributed by atoms with E-state index in [9.17, 15) is 9.50 Å². The third kappa shape index (κ3) is 1.36. The van der Waals surface area contributed by atoms with Gasteiger partial charge in [0.1, 0.15) is 24.3 Å². The molecular formula is C10H12FNO2. The lowest BCUT2D eigenvalue weighted by Crippen LogP contribution is -2.36. The number of ether oxygens (including phenoxy) is 1. The normalized spacial score (nSPS) is 25.4. The fourth-order valence-corrected chi connectivity index (χ4v) is 1.74. The van der Waals surface area contributed by atoms with E-state index in [1.807, 2.05) is 0 Å². The molecule has 1 aromatic rings. The van der Waals surface area contributed by atoms with Crippen LogP contribution >= 0.6 is 0 Å². The van der Waals surface area contributed by atoms with Crippen molar-refractivity contribution in [2.75, 3.05) is 6.61 Å². The van der Waals surface area contributed by atoms with Crippen LogP contribution in [0.2, 0.25) is 0 Å². The van der Waals surface area contributed by atoms with Crippen molar-refractivity contribution < 1.29 is 14.2 Å². The highest BCUT2D eigenvalue weighted by atomic mass is 19.1. The largest absolute Gasteiger partial charge is 0.490 e. The van der Waals surface area contributed by atoms with Crippen molar-refractivity contribution in [2.24, 2.45) is 5.73 Å². The number of hydrogen-bond acceptors (Lipinski definition) is 3. The van der Waals surface area contributed by atoms with Gasteiger partial charge in [0.05, 0.1) is 6.04 Å². The van der Waals surface area contributed by atoms with Gasteiger partial charge in [-0.25, -0.2) is 4.39 Å². The number of rotatable bonds is 0. The highest BCUT2D eigenvalue weighted by Gasteiger charge is 2.28. The van der Waals surface area contributed by atoms with Crippen molar-refractivity contribution in [1.82, 2.24) is 0 Å². The summed E-state index contributed by atoms with van der Waals surface area (Å²) in [5, 5.41) is 9.47. The number of aryl methyl sites for hydroxylation is 1. The van der Waals surface area contributed by atoms with Crippen molar-refractivity contribution in [2.45, 2.75) is 19.1 Å². The Balaban J connectivity index is 2.54. The quantitative estimate of drug-likeness (QED) is 0.649. The van der Waals surface area contributed by atoms with Crippen molar-refractivity contribution in [1.29, 1.82) is 0 Å². The molecule has 0 bridgehead atoms. The summed E-state index contributed by atoms with van der Waals surface area (Å²) in [5.41, 5.74) is 7.20. The Bertz CT molecular complexity index is 367. The average Bonchev–Trinajstić information content (AvgIpc) is 2.10. The number of hydrogen-bond donors (Lipinski definition) is 2. The van der Waals surface area contributed by atoms with E-state index in [1.54, 1.807) is 6.92 Å². The van der Waals surface area contributed by atoms with Gasteiger partial charge in [0.2, 0.25) is 0 Å². The van der Waals surface area contributed by atoms with Gasteiger partial charge in [-0.05, 0) is 18.6 Å². The molecule has 1 aromatic carbocycles. The van der Waals surface area contributed by atoms with Crippen LogP contribution in [0.4, 0.5) is 4.39 Å². The number of aliphatic hydroxyl groups is 1. The Labute approximate surface area is 81.3 Å². The monoisotopic (exact) mass is 197 g/mol. The third-order valence-corrected chi connectivity index (χ3v) is 2.47. The van der Waals surface area contributed by atoms with E-state index >= 15 is 0 Å². The minimum atomic E-state index is -0.716. The molecule has 4 heteroatoms. The van der Waals surface area contributed by atoms with Crippen LogP contribution in [0.15, 0.2) is 12.1 Å². The summed E-state index contributed by atoms with van der Waals surface area (Å²) in [6, 6.07) is 2.20. The first kappa shape index (κ1) is 9.43. The molecule has 1 heterocycles. The predicted molar refractivity (Wildman–Crippen MR) is 49.6 cm³/mol. The number of aliphatic hydroxyl groups excluding tert-OH is 1. The van der Waals surface area contributed by atoms with E-state index in [4.69, 9.17) is 10.5 Å². The molecule has 2 atom stereocenters. The third-order valence-electron chi connectivity index (χ3n) is 2.47. The summed E-state index contributed by atoms with van der Waals surface area (Å²) in [6.07, 6.45) is -0.716. The van der Waals surface area contributed by atoms with Gasteiger partial charge in [0.15, 0.2) is 0 Å². The molecule has 14 heavy (non-hydrogen) atoms. The number of fused-ring (bicyclic) bond motifs is 1. The zero-order chi connectivity index (χ0) is 10.3. The molecule has 0 aliphatic carbocycles. The van der Waals surface area contributed by atoms with Crippen LogP contribution in [-0.4, -0.2) is 17.8 Å². The SMILES string of the molecule is Cc1cc(F)cc2c1[C@H](N)[C@H](O)CO2.